The molecule has 0 radical (unpaired) electrons. The van der Waals surface area contributed by atoms with Crippen LogP contribution in [0.2, 0.25) is 0 Å². The molecule has 0 atom stereocenters. The molecule has 0 N–H and O–H groups in total. The number of halogens is 1. The lowest BCUT2D eigenvalue weighted by Crippen LogP contribution is -1.95. The Morgan fingerprint density at radius 1 is 1.36 bits per heavy atom. The first-order valence-corrected chi connectivity index (χ1v) is 6.14. The number of hydrogen-bond donors (Lipinski definition) is 0. The van der Waals surface area contributed by atoms with E-state index < -0.39 is 15.3 Å². The molecule has 2 heterocycles. The second kappa shape index (κ2) is 3.54. The topological polar surface area (TPSA) is 65.7 Å². The lowest BCUT2D eigenvalue weighted by Gasteiger charge is -2.02. The zero-order valence-electron chi connectivity index (χ0n) is 6.97. The monoisotopic (exact) mass is 238 g/mol. The first kappa shape index (κ1) is 9.97. The summed E-state index contributed by atoms with van der Waals surface area (Å²) in [6, 6.07) is 1.29. The molecule has 0 unspecified atom stereocenters. The Hall–Kier alpha value is -0.560. The van der Waals surface area contributed by atoms with Gasteiger partial charge in [0, 0.05) is 16.7 Å². The third-order valence-electron chi connectivity index (χ3n) is 1.73. The van der Waals surface area contributed by atoms with Crippen LogP contribution >= 0.6 is 10.7 Å². The highest BCUT2D eigenvalue weighted by Gasteiger charge is 2.24. The second-order valence-corrected chi connectivity index (χ2v) is 5.26. The molecular formula is C7H7ClO5S. The number of rotatable bonds is 2. The van der Waals surface area contributed by atoms with Gasteiger partial charge in [0.1, 0.15) is 11.2 Å². The molecule has 2 rings (SSSR count). The molecular weight excluding hydrogens is 232 g/mol. The highest BCUT2D eigenvalue weighted by molar-refractivity contribution is 8.13. The van der Waals surface area contributed by atoms with Crippen molar-refractivity contribution < 1.29 is 22.3 Å². The van der Waals surface area contributed by atoms with Gasteiger partial charge >= 0.3 is 0 Å². The van der Waals surface area contributed by atoms with Gasteiger partial charge in [0.2, 0.25) is 6.29 Å². The second-order valence-electron chi connectivity index (χ2n) is 2.70. The smallest absolute Gasteiger partial charge is 0.264 e. The van der Waals surface area contributed by atoms with Gasteiger partial charge in [-0.1, -0.05) is 0 Å². The van der Waals surface area contributed by atoms with E-state index >= 15 is 0 Å². The van der Waals surface area contributed by atoms with Gasteiger partial charge in [0.05, 0.1) is 13.2 Å². The van der Waals surface area contributed by atoms with Crippen molar-refractivity contribution in [3.8, 4) is 0 Å². The van der Waals surface area contributed by atoms with Crippen molar-refractivity contribution in [3.63, 3.8) is 0 Å². The zero-order chi connectivity index (χ0) is 10.2. The van der Waals surface area contributed by atoms with E-state index in [2.05, 4.69) is 0 Å². The molecule has 1 aliphatic rings. The van der Waals surface area contributed by atoms with Crippen LogP contribution < -0.4 is 0 Å². The third kappa shape index (κ3) is 1.93. The summed E-state index contributed by atoms with van der Waals surface area (Å²) < 4.78 is 37.0. The van der Waals surface area contributed by atoms with Crippen LogP contribution in [0.15, 0.2) is 21.6 Å². The van der Waals surface area contributed by atoms with Crippen LogP contribution in [0.3, 0.4) is 0 Å². The maximum atomic E-state index is 10.9. The van der Waals surface area contributed by atoms with Gasteiger partial charge in [-0.2, -0.15) is 0 Å². The third-order valence-corrected chi connectivity index (χ3v) is 3.04. The fraction of sp³-hybridized carbons (Fsp3) is 0.429. The normalized spacial score (nSPS) is 18.9. The summed E-state index contributed by atoms with van der Waals surface area (Å²) in [4.78, 5) is -0.0896. The van der Waals surface area contributed by atoms with E-state index in [9.17, 15) is 8.42 Å². The van der Waals surface area contributed by atoms with Gasteiger partial charge in [-0.15, -0.1) is 0 Å². The van der Waals surface area contributed by atoms with Crippen molar-refractivity contribution in [2.75, 3.05) is 13.2 Å². The summed E-state index contributed by atoms with van der Waals surface area (Å²) in [7, 11) is 1.36. The molecule has 5 nitrogen and oxygen atoms in total. The summed E-state index contributed by atoms with van der Waals surface area (Å²) in [5.74, 6) is 0.307. The van der Waals surface area contributed by atoms with Gasteiger partial charge in [0.25, 0.3) is 9.05 Å². The molecule has 78 valence electrons. The summed E-state index contributed by atoms with van der Waals surface area (Å²) in [6.45, 7) is 0.933. The van der Waals surface area contributed by atoms with Gasteiger partial charge in [-0.25, -0.2) is 8.42 Å². The molecule has 1 aromatic rings. The number of furan rings is 1. The Kier molecular flexibility index (Phi) is 2.52. The van der Waals surface area contributed by atoms with Gasteiger partial charge < -0.3 is 13.9 Å². The van der Waals surface area contributed by atoms with Crippen molar-refractivity contribution in [1.82, 2.24) is 0 Å². The predicted molar refractivity (Wildman–Crippen MR) is 46.4 cm³/mol. The minimum Gasteiger partial charge on any atom is -0.462 e. The highest BCUT2D eigenvalue weighted by atomic mass is 35.7. The Balaban J connectivity index is 2.25. The average molecular weight is 239 g/mol. The van der Waals surface area contributed by atoms with E-state index in [-0.39, 0.29) is 4.90 Å². The summed E-state index contributed by atoms with van der Waals surface area (Å²) in [5, 5.41) is 0. The lowest BCUT2D eigenvalue weighted by atomic mass is 10.4. The predicted octanol–water partition coefficient (Wildman–Crippen LogP) is 1.25. The first-order valence-electron chi connectivity index (χ1n) is 3.84. The summed E-state index contributed by atoms with van der Waals surface area (Å²) >= 11 is 0. The Labute approximate surface area is 85.0 Å². The molecule has 1 aliphatic heterocycles. The van der Waals surface area contributed by atoms with Crippen molar-refractivity contribution >= 4 is 19.7 Å². The molecule has 0 aromatic carbocycles. The van der Waals surface area contributed by atoms with E-state index in [0.29, 0.717) is 19.0 Å². The number of ether oxygens (including phenoxy) is 2. The average Bonchev–Trinajstić information content (AvgIpc) is 2.73. The lowest BCUT2D eigenvalue weighted by molar-refractivity contribution is -0.0588. The van der Waals surface area contributed by atoms with Crippen LogP contribution in [0, 0.1) is 0 Å². The van der Waals surface area contributed by atoms with E-state index in [1.165, 1.54) is 6.07 Å². The van der Waals surface area contributed by atoms with Crippen LogP contribution in [0.5, 0.6) is 0 Å². The highest BCUT2D eigenvalue weighted by Crippen LogP contribution is 2.27. The molecule has 0 aliphatic carbocycles. The molecule has 0 saturated carbocycles. The van der Waals surface area contributed by atoms with Gasteiger partial charge in [0.15, 0.2) is 5.76 Å². The van der Waals surface area contributed by atoms with Gasteiger partial charge in [-0.05, 0) is 0 Å². The van der Waals surface area contributed by atoms with Gasteiger partial charge in [-0.3, -0.25) is 0 Å². The summed E-state index contributed by atoms with van der Waals surface area (Å²) in [5.41, 5.74) is 0. The number of hydrogen-bond acceptors (Lipinski definition) is 5. The molecule has 7 heteroatoms. The van der Waals surface area contributed by atoms with E-state index in [1.54, 1.807) is 0 Å². The van der Waals surface area contributed by atoms with E-state index in [0.717, 1.165) is 6.26 Å². The van der Waals surface area contributed by atoms with E-state index in [1.807, 2.05) is 0 Å². The van der Waals surface area contributed by atoms with Crippen molar-refractivity contribution in [2.45, 2.75) is 11.2 Å². The molecule has 0 spiro atoms. The quantitative estimate of drug-likeness (QED) is 0.726. The maximum Gasteiger partial charge on any atom is 0.264 e. The molecule has 1 saturated heterocycles. The van der Waals surface area contributed by atoms with Crippen molar-refractivity contribution in [2.24, 2.45) is 0 Å². The Bertz CT molecular complexity index is 417. The molecule has 1 aromatic heterocycles. The fourth-order valence-electron chi connectivity index (χ4n) is 1.11. The minimum absolute atomic E-state index is 0.0896. The first-order chi connectivity index (χ1) is 6.57. The zero-order valence-corrected chi connectivity index (χ0v) is 8.55. The minimum atomic E-state index is -3.74. The maximum absolute atomic E-state index is 10.9. The van der Waals surface area contributed by atoms with Crippen LogP contribution in [-0.4, -0.2) is 21.6 Å². The van der Waals surface area contributed by atoms with Crippen LogP contribution in [-0.2, 0) is 18.5 Å². The molecule has 1 fully saturated rings. The Morgan fingerprint density at radius 3 is 2.50 bits per heavy atom. The van der Waals surface area contributed by atoms with Crippen LogP contribution in [0.25, 0.3) is 0 Å². The Morgan fingerprint density at radius 2 is 2.00 bits per heavy atom. The largest absolute Gasteiger partial charge is 0.462 e. The van der Waals surface area contributed by atoms with Crippen LogP contribution in [0.1, 0.15) is 12.1 Å². The van der Waals surface area contributed by atoms with E-state index in [4.69, 9.17) is 24.6 Å². The standard InChI is InChI=1S/C7H7ClO5S/c8-14(9,10)5-3-6(13-4-5)7-11-1-2-12-7/h3-4,7H,1-2H2. The van der Waals surface area contributed by atoms with Crippen molar-refractivity contribution in [1.29, 1.82) is 0 Å². The fourth-order valence-corrected chi connectivity index (χ4v) is 1.77. The SMILES string of the molecule is O=S(=O)(Cl)c1coc(C2OCCO2)c1. The molecule has 0 amide bonds. The summed E-state index contributed by atoms with van der Waals surface area (Å²) in [6.07, 6.45) is 0.435. The van der Waals surface area contributed by atoms with Crippen molar-refractivity contribution in [3.05, 3.63) is 18.1 Å². The molecule has 14 heavy (non-hydrogen) atoms. The van der Waals surface area contributed by atoms with Crippen LogP contribution in [0.4, 0.5) is 0 Å². The molecule has 0 bridgehead atoms.